The topological polar surface area (TPSA) is 37.3 Å². The maximum Gasteiger partial charge on any atom is 0.310 e. The molecule has 2 heteroatoms. The molecule has 0 saturated heterocycles. The molecule has 50 valence electrons. The first-order valence-electron chi connectivity index (χ1n) is 3.17. The van der Waals surface area contributed by atoms with Gasteiger partial charge >= 0.3 is 5.97 Å². The molecule has 1 atom stereocenters. The first-order valence-corrected chi connectivity index (χ1v) is 3.17. The fraction of sp³-hybridized carbons (Fsp3) is 0.571. The Morgan fingerprint density at radius 2 is 2.67 bits per heavy atom. The van der Waals surface area contributed by atoms with Crippen molar-refractivity contribution in [3.63, 3.8) is 0 Å². The Morgan fingerprint density at radius 3 is 3.00 bits per heavy atom. The third-order valence-corrected chi connectivity index (χ3v) is 1.49. The Labute approximate surface area is 54.2 Å². The Bertz CT molecular complexity index is 158. The standard InChI is InChI=1S/C7H10O2/c1-2-3-5-4-6(5)7(8)9/h3,6H,2,4H2,1H3,(H,8,9)/t6-/m1/s1. The summed E-state index contributed by atoms with van der Waals surface area (Å²) in [6.07, 6.45) is 3.74. The van der Waals surface area contributed by atoms with Crippen LogP contribution >= 0.6 is 0 Å². The number of aliphatic carboxylic acids is 1. The van der Waals surface area contributed by atoms with Crippen LogP contribution in [0.3, 0.4) is 0 Å². The van der Waals surface area contributed by atoms with Crippen LogP contribution in [0.2, 0.25) is 0 Å². The molecule has 0 bridgehead atoms. The molecule has 9 heavy (non-hydrogen) atoms. The monoisotopic (exact) mass is 126 g/mol. The van der Waals surface area contributed by atoms with E-state index in [0.717, 1.165) is 18.4 Å². The summed E-state index contributed by atoms with van der Waals surface area (Å²) in [6, 6.07) is 0. The predicted molar refractivity (Wildman–Crippen MR) is 34.1 cm³/mol. The molecule has 0 unspecified atom stereocenters. The Morgan fingerprint density at radius 1 is 2.00 bits per heavy atom. The zero-order valence-corrected chi connectivity index (χ0v) is 5.42. The van der Waals surface area contributed by atoms with Gasteiger partial charge in [-0.3, -0.25) is 4.79 Å². The van der Waals surface area contributed by atoms with E-state index in [1.165, 1.54) is 0 Å². The van der Waals surface area contributed by atoms with E-state index in [-0.39, 0.29) is 5.92 Å². The van der Waals surface area contributed by atoms with Crippen LogP contribution in [0.25, 0.3) is 0 Å². The van der Waals surface area contributed by atoms with Crippen molar-refractivity contribution in [3.05, 3.63) is 11.6 Å². The average molecular weight is 126 g/mol. The maximum absolute atomic E-state index is 10.2. The second-order valence-electron chi connectivity index (χ2n) is 2.28. The van der Waals surface area contributed by atoms with Crippen LogP contribution in [0.4, 0.5) is 0 Å². The zero-order valence-electron chi connectivity index (χ0n) is 5.42. The molecule has 0 aliphatic heterocycles. The van der Waals surface area contributed by atoms with Gasteiger partial charge in [-0.25, -0.2) is 0 Å². The van der Waals surface area contributed by atoms with E-state index < -0.39 is 5.97 Å². The molecule has 0 heterocycles. The van der Waals surface area contributed by atoms with E-state index >= 15 is 0 Å². The van der Waals surface area contributed by atoms with Gasteiger partial charge in [0.25, 0.3) is 0 Å². The average Bonchev–Trinajstić information content (AvgIpc) is 2.47. The number of carboxylic acid groups (broad SMARTS) is 1. The fourth-order valence-corrected chi connectivity index (χ4v) is 0.910. The van der Waals surface area contributed by atoms with Crippen molar-refractivity contribution < 1.29 is 9.90 Å². The van der Waals surface area contributed by atoms with Crippen molar-refractivity contribution in [1.82, 2.24) is 0 Å². The number of carbonyl (C=O) groups is 1. The third-order valence-electron chi connectivity index (χ3n) is 1.49. The van der Waals surface area contributed by atoms with E-state index in [1.807, 2.05) is 13.0 Å². The maximum atomic E-state index is 10.2. The van der Waals surface area contributed by atoms with E-state index in [9.17, 15) is 4.79 Å². The lowest BCUT2D eigenvalue weighted by Crippen LogP contribution is -1.95. The molecule has 0 radical (unpaired) electrons. The fourth-order valence-electron chi connectivity index (χ4n) is 0.910. The van der Waals surface area contributed by atoms with Gasteiger partial charge in [0.15, 0.2) is 0 Å². The molecule has 0 aromatic rings. The Balaban J connectivity index is 2.41. The molecule has 0 aromatic heterocycles. The van der Waals surface area contributed by atoms with Crippen molar-refractivity contribution in [2.24, 2.45) is 5.92 Å². The zero-order chi connectivity index (χ0) is 6.85. The van der Waals surface area contributed by atoms with Gasteiger partial charge in [0.1, 0.15) is 0 Å². The number of allylic oxidation sites excluding steroid dienone is 1. The van der Waals surface area contributed by atoms with Crippen molar-refractivity contribution >= 4 is 5.97 Å². The van der Waals surface area contributed by atoms with Crippen LogP contribution in [0.1, 0.15) is 19.8 Å². The predicted octanol–water partition coefficient (Wildman–Crippen LogP) is 1.43. The first kappa shape index (κ1) is 6.33. The van der Waals surface area contributed by atoms with E-state index in [4.69, 9.17) is 5.11 Å². The Kier molecular flexibility index (Phi) is 1.56. The molecule has 0 spiro atoms. The van der Waals surface area contributed by atoms with Gasteiger partial charge in [-0.1, -0.05) is 18.6 Å². The molecule has 0 aromatic carbocycles. The molecular weight excluding hydrogens is 116 g/mol. The molecule has 0 amide bonds. The smallest absolute Gasteiger partial charge is 0.310 e. The summed E-state index contributed by atoms with van der Waals surface area (Å²) >= 11 is 0. The minimum Gasteiger partial charge on any atom is -0.481 e. The molecular formula is C7H10O2. The van der Waals surface area contributed by atoms with E-state index in [2.05, 4.69) is 0 Å². The van der Waals surface area contributed by atoms with E-state index in [1.54, 1.807) is 0 Å². The minimum absolute atomic E-state index is 0.134. The quantitative estimate of drug-likeness (QED) is 0.568. The molecule has 1 aliphatic carbocycles. The number of carboxylic acids is 1. The lowest BCUT2D eigenvalue weighted by atomic mass is 10.3. The van der Waals surface area contributed by atoms with Crippen LogP contribution in [0.5, 0.6) is 0 Å². The highest BCUT2D eigenvalue weighted by Gasteiger charge is 2.35. The van der Waals surface area contributed by atoms with E-state index in [0.29, 0.717) is 0 Å². The van der Waals surface area contributed by atoms with Gasteiger partial charge in [-0.2, -0.15) is 0 Å². The SMILES string of the molecule is CCC=C1C[C@H]1C(=O)O. The molecule has 1 saturated carbocycles. The second kappa shape index (κ2) is 2.21. The van der Waals surface area contributed by atoms with Crippen molar-refractivity contribution in [3.8, 4) is 0 Å². The van der Waals surface area contributed by atoms with Crippen LogP contribution in [0.15, 0.2) is 11.6 Å². The molecule has 2 nitrogen and oxygen atoms in total. The summed E-state index contributed by atoms with van der Waals surface area (Å²) in [7, 11) is 0. The van der Waals surface area contributed by atoms with Crippen LogP contribution in [-0.4, -0.2) is 11.1 Å². The Hall–Kier alpha value is -0.790. The van der Waals surface area contributed by atoms with Gasteiger partial charge in [0.2, 0.25) is 0 Å². The van der Waals surface area contributed by atoms with Crippen molar-refractivity contribution in [2.45, 2.75) is 19.8 Å². The lowest BCUT2D eigenvalue weighted by Gasteiger charge is -1.79. The summed E-state index contributed by atoms with van der Waals surface area (Å²) in [5.74, 6) is -0.806. The largest absolute Gasteiger partial charge is 0.481 e. The summed E-state index contributed by atoms with van der Waals surface area (Å²) in [5, 5.41) is 8.41. The van der Waals surface area contributed by atoms with Gasteiger partial charge < -0.3 is 5.11 Å². The number of rotatable bonds is 2. The number of hydrogen-bond donors (Lipinski definition) is 1. The van der Waals surface area contributed by atoms with Crippen LogP contribution in [-0.2, 0) is 4.79 Å². The molecule has 1 rings (SSSR count). The summed E-state index contributed by atoms with van der Waals surface area (Å²) in [5.41, 5.74) is 1.10. The summed E-state index contributed by atoms with van der Waals surface area (Å²) in [4.78, 5) is 10.2. The highest BCUT2D eigenvalue weighted by atomic mass is 16.4. The second-order valence-corrected chi connectivity index (χ2v) is 2.28. The number of hydrogen-bond acceptors (Lipinski definition) is 1. The van der Waals surface area contributed by atoms with Gasteiger partial charge in [0.05, 0.1) is 5.92 Å². The molecule has 1 fully saturated rings. The molecule has 1 N–H and O–H groups in total. The van der Waals surface area contributed by atoms with Crippen molar-refractivity contribution in [1.29, 1.82) is 0 Å². The summed E-state index contributed by atoms with van der Waals surface area (Å²) < 4.78 is 0. The lowest BCUT2D eigenvalue weighted by molar-refractivity contribution is -0.138. The molecule has 1 aliphatic rings. The van der Waals surface area contributed by atoms with Gasteiger partial charge in [-0.15, -0.1) is 0 Å². The van der Waals surface area contributed by atoms with Crippen molar-refractivity contribution in [2.75, 3.05) is 0 Å². The van der Waals surface area contributed by atoms with Gasteiger partial charge in [-0.05, 0) is 12.8 Å². The highest BCUT2D eigenvalue weighted by molar-refractivity contribution is 5.79. The minimum atomic E-state index is -0.672. The third kappa shape index (κ3) is 1.31. The van der Waals surface area contributed by atoms with Crippen LogP contribution in [0, 0.1) is 5.92 Å². The first-order chi connectivity index (χ1) is 4.25. The van der Waals surface area contributed by atoms with Gasteiger partial charge in [0, 0.05) is 0 Å². The highest BCUT2D eigenvalue weighted by Crippen LogP contribution is 2.37. The van der Waals surface area contributed by atoms with Crippen LogP contribution < -0.4 is 0 Å². The normalized spacial score (nSPS) is 28.6. The summed E-state index contributed by atoms with van der Waals surface area (Å²) in [6.45, 7) is 2.02.